The van der Waals surface area contributed by atoms with Crippen LogP contribution in [-0.4, -0.2) is 19.4 Å². The lowest BCUT2D eigenvalue weighted by Crippen LogP contribution is -1.95. The topological polar surface area (TPSA) is 43.1 Å². The Kier molecular flexibility index (Phi) is 3.11. The Morgan fingerprint density at radius 3 is 2.54 bits per heavy atom. The third-order valence-electron chi connectivity index (χ3n) is 7.91. The second kappa shape index (κ2) is 6.10. The Morgan fingerprint density at radius 2 is 1.54 bits per heavy atom. The van der Waals surface area contributed by atoms with Crippen LogP contribution >= 0.6 is 0 Å². The monoisotopic (exact) mass is 446 g/mol. The van der Waals surface area contributed by atoms with Crippen LogP contribution in [0.5, 0.6) is 0 Å². The molecule has 0 amide bonds. The molecule has 0 bridgehead atoms. The zero-order valence-corrected chi connectivity index (χ0v) is 18.8. The molecule has 4 nitrogen and oxygen atoms in total. The van der Waals surface area contributed by atoms with Crippen molar-refractivity contribution in [1.82, 2.24) is 19.4 Å². The first kappa shape index (κ1) is 17.8. The molecule has 3 aromatic carbocycles. The maximum absolute atomic E-state index is 5.04. The lowest BCUT2D eigenvalue weighted by atomic mass is 9.95. The summed E-state index contributed by atoms with van der Waals surface area (Å²) in [5.41, 5.74) is 16.0. The molecule has 0 spiro atoms. The fourth-order valence-electron chi connectivity index (χ4n) is 6.46. The first-order valence-electron chi connectivity index (χ1n) is 12.0. The molecule has 35 heavy (non-hydrogen) atoms. The lowest BCUT2D eigenvalue weighted by Gasteiger charge is -2.10. The molecule has 2 aliphatic carbocycles. The summed E-state index contributed by atoms with van der Waals surface area (Å²) in [6.45, 7) is 0. The van der Waals surface area contributed by atoms with Crippen LogP contribution in [0, 0.1) is 0 Å². The van der Waals surface area contributed by atoms with Gasteiger partial charge >= 0.3 is 0 Å². The predicted octanol–water partition coefficient (Wildman–Crippen LogP) is 6.73. The molecular formula is C31H18N4. The minimum Gasteiger partial charge on any atom is -0.274 e. The number of hydrogen-bond donors (Lipinski definition) is 0. The van der Waals surface area contributed by atoms with E-state index in [9.17, 15) is 0 Å². The highest BCUT2D eigenvalue weighted by molar-refractivity contribution is 6.14. The van der Waals surface area contributed by atoms with E-state index in [1.54, 1.807) is 0 Å². The first-order valence-corrected chi connectivity index (χ1v) is 12.0. The third-order valence-corrected chi connectivity index (χ3v) is 7.91. The van der Waals surface area contributed by atoms with Crippen LogP contribution in [-0.2, 0) is 12.8 Å². The van der Waals surface area contributed by atoms with E-state index in [0.29, 0.717) is 0 Å². The predicted molar refractivity (Wildman–Crippen MR) is 140 cm³/mol. The summed E-state index contributed by atoms with van der Waals surface area (Å²) in [5, 5.41) is 2.29. The van der Waals surface area contributed by atoms with E-state index in [0.717, 1.165) is 51.5 Å². The lowest BCUT2D eigenvalue weighted by molar-refractivity contribution is 1.23. The summed E-state index contributed by atoms with van der Waals surface area (Å²) >= 11 is 0. The SMILES string of the molecule is c1ccc2c(c1)Cc1ccc3c(c1-2)Cc1cc2c(cc1-3)c1nc3cccnc3n1c1cccnc21. The fourth-order valence-corrected chi connectivity index (χ4v) is 6.46. The number of nitrogens with zero attached hydrogens (tertiary/aromatic N) is 4. The van der Waals surface area contributed by atoms with Crippen molar-refractivity contribution in [3.8, 4) is 22.3 Å². The second-order valence-electron chi connectivity index (χ2n) is 9.68. The minimum atomic E-state index is 0.873. The van der Waals surface area contributed by atoms with Gasteiger partial charge in [0.15, 0.2) is 5.65 Å². The molecule has 0 fully saturated rings. The number of benzene rings is 3. The Bertz CT molecular complexity index is 2070. The molecule has 0 unspecified atom stereocenters. The molecule has 0 radical (unpaired) electrons. The fraction of sp³-hybridized carbons (Fsp3) is 0.0645. The van der Waals surface area contributed by atoms with Gasteiger partial charge in [-0.1, -0.05) is 36.4 Å². The number of pyridine rings is 3. The summed E-state index contributed by atoms with van der Waals surface area (Å²) in [6, 6.07) is 26.3. The molecule has 7 aromatic rings. The highest BCUT2D eigenvalue weighted by atomic mass is 15.1. The van der Waals surface area contributed by atoms with Crippen molar-refractivity contribution >= 4 is 38.6 Å². The van der Waals surface area contributed by atoms with Crippen LogP contribution in [0.1, 0.15) is 22.3 Å². The normalized spacial score (nSPS) is 13.5. The van der Waals surface area contributed by atoms with Gasteiger partial charge in [0.2, 0.25) is 0 Å². The molecule has 0 N–H and O–H groups in total. The number of hydrogen-bond acceptors (Lipinski definition) is 3. The summed E-state index contributed by atoms with van der Waals surface area (Å²) in [7, 11) is 0. The second-order valence-corrected chi connectivity index (χ2v) is 9.68. The van der Waals surface area contributed by atoms with E-state index >= 15 is 0 Å². The molecule has 9 rings (SSSR count). The van der Waals surface area contributed by atoms with E-state index in [1.807, 2.05) is 30.6 Å². The molecule has 0 saturated carbocycles. The number of fused-ring (bicyclic) bond motifs is 15. The molecule has 4 heteroatoms. The maximum Gasteiger partial charge on any atom is 0.165 e. The van der Waals surface area contributed by atoms with Crippen molar-refractivity contribution in [3.63, 3.8) is 0 Å². The molecule has 4 heterocycles. The van der Waals surface area contributed by atoms with Crippen LogP contribution in [0.25, 0.3) is 60.9 Å². The quantitative estimate of drug-likeness (QED) is 0.243. The smallest absolute Gasteiger partial charge is 0.165 e. The van der Waals surface area contributed by atoms with Crippen LogP contribution in [0.4, 0.5) is 0 Å². The van der Waals surface area contributed by atoms with Gasteiger partial charge in [-0.3, -0.25) is 9.38 Å². The van der Waals surface area contributed by atoms with Crippen molar-refractivity contribution < 1.29 is 0 Å². The van der Waals surface area contributed by atoms with Crippen LogP contribution in [0.3, 0.4) is 0 Å². The van der Waals surface area contributed by atoms with E-state index < -0.39 is 0 Å². The van der Waals surface area contributed by atoms with E-state index in [2.05, 4.69) is 64.0 Å². The Hall–Kier alpha value is -4.57. The van der Waals surface area contributed by atoms with Crippen molar-refractivity contribution in [2.24, 2.45) is 0 Å². The first-order chi connectivity index (χ1) is 17.3. The van der Waals surface area contributed by atoms with Crippen molar-refractivity contribution in [3.05, 3.63) is 107 Å². The van der Waals surface area contributed by atoms with Crippen molar-refractivity contribution in [1.29, 1.82) is 0 Å². The van der Waals surface area contributed by atoms with E-state index in [1.165, 1.54) is 44.5 Å². The zero-order chi connectivity index (χ0) is 22.7. The Balaban J connectivity index is 1.41. The standard InChI is InChI=1S/C31H18N4/c1-2-6-20-17(5-1)13-18-9-10-21-22-16-25-24(15-19(22)14-23(21)28(18)20)29-27(8-4-11-32-29)35-30(25)34-26-7-3-12-33-31(26)35/h1-12,15-16H,13-14H2. The van der Waals surface area contributed by atoms with Gasteiger partial charge in [0, 0.05) is 23.2 Å². The van der Waals surface area contributed by atoms with Gasteiger partial charge in [-0.05, 0) is 93.7 Å². The van der Waals surface area contributed by atoms with Gasteiger partial charge in [0.25, 0.3) is 0 Å². The Labute approximate surface area is 200 Å². The zero-order valence-electron chi connectivity index (χ0n) is 18.8. The molecule has 0 aliphatic heterocycles. The van der Waals surface area contributed by atoms with Gasteiger partial charge < -0.3 is 0 Å². The number of rotatable bonds is 0. The molecule has 0 saturated heterocycles. The van der Waals surface area contributed by atoms with Gasteiger partial charge in [0.1, 0.15) is 11.2 Å². The average molecular weight is 447 g/mol. The Morgan fingerprint density at radius 1 is 0.629 bits per heavy atom. The summed E-state index contributed by atoms with van der Waals surface area (Å²) in [5.74, 6) is 0. The van der Waals surface area contributed by atoms with Crippen LogP contribution in [0.15, 0.2) is 85.2 Å². The van der Waals surface area contributed by atoms with Crippen LogP contribution < -0.4 is 0 Å². The third kappa shape index (κ3) is 2.15. The highest BCUT2D eigenvalue weighted by Gasteiger charge is 2.29. The average Bonchev–Trinajstić information content (AvgIpc) is 3.58. The summed E-state index contributed by atoms with van der Waals surface area (Å²) in [6.07, 6.45) is 5.70. The van der Waals surface area contributed by atoms with E-state index in [-0.39, 0.29) is 0 Å². The molecular weight excluding hydrogens is 428 g/mol. The van der Waals surface area contributed by atoms with Gasteiger partial charge in [-0.2, -0.15) is 0 Å². The number of imidazole rings is 1. The maximum atomic E-state index is 5.04. The molecule has 162 valence electrons. The number of aromatic nitrogens is 4. The molecule has 0 atom stereocenters. The van der Waals surface area contributed by atoms with Crippen molar-refractivity contribution in [2.45, 2.75) is 12.8 Å². The van der Waals surface area contributed by atoms with Gasteiger partial charge in [-0.25, -0.2) is 9.97 Å². The van der Waals surface area contributed by atoms with Gasteiger partial charge in [0.05, 0.1) is 11.0 Å². The minimum absolute atomic E-state index is 0.873. The summed E-state index contributed by atoms with van der Waals surface area (Å²) in [4.78, 5) is 14.5. The highest BCUT2D eigenvalue weighted by Crippen LogP contribution is 2.49. The molecule has 2 aliphatic rings. The molecule has 4 aromatic heterocycles. The van der Waals surface area contributed by atoms with Gasteiger partial charge in [-0.15, -0.1) is 0 Å². The van der Waals surface area contributed by atoms with E-state index in [4.69, 9.17) is 9.97 Å². The van der Waals surface area contributed by atoms with Crippen molar-refractivity contribution in [2.75, 3.05) is 0 Å². The largest absolute Gasteiger partial charge is 0.274 e. The summed E-state index contributed by atoms with van der Waals surface area (Å²) < 4.78 is 2.17. The van der Waals surface area contributed by atoms with Crippen LogP contribution in [0.2, 0.25) is 0 Å².